The number of aryl methyl sites for hydroxylation is 2. The van der Waals surface area contributed by atoms with Gasteiger partial charge in [-0.2, -0.15) is 0 Å². The topological polar surface area (TPSA) is 95.8 Å². The fourth-order valence-corrected chi connectivity index (χ4v) is 5.91. The summed E-state index contributed by atoms with van der Waals surface area (Å²) in [6.07, 6.45) is 8.29. The second-order valence-corrected chi connectivity index (χ2v) is 10.6. The molecule has 0 amide bonds. The molecular formula is C28H34N8O. The number of tetrazole rings is 1. The lowest BCUT2D eigenvalue weighted by atomic mass is 10.00. The van der Waals surface area contributed by atoms with E-state index in [9.17, 15) is 4.79 Å². The summed E-state index contributed by atoms with van der Waals surface area (Å²) >= 11 is 0. The molecule has 1 saturated carbocycles. The van der Waals surface area contributed by atoms with Crippen LogP contribution in [0.25, 0.3) is 10.9 Å². The first kappa shape index (κ1) is 23.9. The van der Waals surface area contributed by atoms with Gasteiger partial charge in [-0.25, -0.2) is 4.68 Å². The maximum Gasteiger partial charge on any atom is 0.253 e. The van der Waals surface area contributed by atoms with E-state index in [-0.39, 0.29) is 11.6 Å². The van der Waals surface area contributed by atoms with E-state index in [2.05, 4.69) is 73.4 Å². The second kappa shape index (κ2) is 10.1. The van der Waals surface area contributed by atoms with E-state index in [0.717, 1.165) is 62.3 Å². The number of nitrogens with one attached hydrogen (secondary N) is 1. The van der Waals surface area contributed by atoms with Crippen LogP contribution in [0.2, 0.25) is 0 Å². The highest BCUT2D eigenvalue weighted by molar-refractivity contribution is 5.81. The molecule has 3 aromatic heterocycles. The smallest absolute Gasteiger partial charge is 0.253 e. The van der Waals surface area contributed by atoms with Crippen LogP contribution in [0.15, 0.2) is 47.5 Å². The molecule has 1 saturated heterocycles. The van der Waals surface area contributed by atoms with Crippen LogP contribution in [-0.4, -0.2) is 66.2 Å². The van der Waals surface area contributed by atoms with Crippen molar-refractivity contribution in [3.05, 3.63) is 81.2 Å². The van der Waals surface area contributed by atoms with Crippen LogP contribution < -0.4 is 5.56 Å². The summed E-state index contributed by atoms with van der Waals surface area (Å²) in [5.41, 5.74) is 5.11. The molecular weight excluding hydrogens is 464 g/mol. The van der Waals surface area contributed by atoms with Gasteiger partial charge in [-0.1, -0.05) is 18.9 Å². The van der Waals surface area contributed by atoms with Gasteiger partial charge in [0.25, 0.3) is 5.56 Å². The van der Waals surface area contributed by atoms with Crippen molar-refractivity contribution in [2.75, 3.05) is 26.2 Å². The molecule has 1 N–H and O–H groups in total. The third-order valence-corrected chi connectivity index (χ3v) is 8.12. The highest BCUT2D eigenvalue weighted by Crippen LogP contribution is 2.34. The minimum atomic E-state index is -0.300. The predicted molar refractivity (Wildman–Crippen MR) is 142 cm³/mol. The van der Waals surface area contributed by atoms with Crippen molar-refractivity contribution in [2.45, 2.75) is 58.2 Å². The molecule has 9 nitrogen and oxygen atoms in total. The van der Waals surface area contributed by atoms with Gasteiger partial charge in [0.15, 0.2) is 5.82 Å². The van der Waals surface area contributed by atoms with Gasteiger partial charge in [0, 0.05) is 56.2 Å². The first-order valence-corrected chi connectivity index (χ1v) is 13.3. The molecule has 1 aliphatic carbocycles. The first-order chi connectivity index (χ1) is 18.1. The minimum absolute atomic E-state index is 0.0699. The van der Waals surface area contributed by atoms with Crippen molar-refractivity contribution >= 4 is 10.9 Å². The molecule has 0 bridgehead atoms. The molecule has 1 atom stereocenters. The second-order valence-electron chi connectivity index (χ2n) is 10.6. The molecule has 0 radical (unpaired) electrons. The fourth-order valence-electron chi connectivity index (χ4n) is 5.91. The molecule has 2 aliphatic rings. The summed E-state index contributed by atoms with van der Waals surface area (Å²) in [5.74, 6) is 0.779. The van der Waals surface area contributed by atoms with Gasteiger partial charge < -0.3 is 4.98 Å². The summed E-state index contributed by atoms with van der Waals surface area (Å²) < 4.78 is 2.00. The van der Waals surface area contributed by atoms with Gasteiger partial charge in [0.2, 0.25) is 0 Å². The van der Waals surface area contributed by atoms with E-state index in [1.807, 2.05) is 23.1 Å². The summed E-state index contributed by atoms with van der Waals surface area (Å²) in [6, 6.07) is 10.4. The Hall–Kier alpha value is -3.43. The monoisotopic (exact) mass is 498 g/mol. The predicted octanol–water partition coefficient (Wildman–Crippen LogP) is 3.55. The molecule has 1 aliphatic heterocycles. The highest BCUT2D eigenvalue weighted by Gasteiger charge is 2.34. The van der Waals surface area contributed by atoms with Crippen LogP contribution in [0, 0.1) is 13.8 Å². The lowest BCUT2D eigenvalue weighted by Crippen LogP contribution is -2.48. The average molecular weight is 499 g/mol. The van der Waals surface area contributed by atoms with E-state index in [1.54, 1.807) is 0 Å². The average Bonchev–Trinajstić information content (AvgIpc) is 3.60. The molecule has 1 unspecified atom stereocenters. The Morgan fingerprint density at radius 1 is 1.05 bits per heavy atom. The number of rotatable bonds is 6. The number of benzene rings is 1. The van der Waals surface area contributed by atoms with Gasteiger partial charge >= 0.3 is 0 Å². The zero-order chi connectivity index (χ0) is 25.4. The van der Waals surface area contributed by atoms with Crippen molar-refractivity contribution in [1.29, 1.82) is 0 Å². The van der Waals surface area contributed by atoms with Gasteiger partial charge in [-0.3, -0.25) is 19.6 Å². The number of pyridine rings is 2. The van der Waals surface area contributed by atoms with Crippen molar-refractivity contribution in [1.82, 2.24) is 40.0 Å². The quantitative estimate of drug-likeness (QED) is 0.434. The Kier molecular flexibility index (Phi) is 6.56. The van der Waals surface area contributed by atoms with Crippen LogP contribution in [0.4, 0.5) is 0 Å². The van der Waals surface area contributed by atoms with Crippen molar-refractivity contribution in [3.63, 3.8) is 0 Å². The number of fused-ring (bicyclic) bond motifs is 1. The van der Waals surface area contributed by atoms with Crippen molar-refractivity contribution in [2.24, 2.45) is 0 Å². The number of piperazine rings is 1. The van der Waals surface area contributed by atoms with E-state index >= 15 is 0 Å². The standard InChI is InChI=1S/C28H34N8O/c1-19-14-22-16-24(28(37)30-25(22)15-20(19)2)26(27-31-32-33-36(27)23-7-3-4-8-23)35-12-10-34(11-13-35)18-21-6-5-9-29-17-21/h5-6,9,14-17,23,26H,3-4,7-8,10-13,18H2,1-2H3,(H,30,37). The van der Waals surface area contributed by atoms with Crippen LogP contribution in [0.1, 0.15) is 65.8 Å². The molecule has 4 heterocycles. The number of hydrogen-bond acceptors (Lipinski definition) is 7. The lowest BCUT2D eigenvalue weighted by Gasteiger charge is -2.38. The van der Waals surface area contributed by atoms with Crippen LogP contribution in [-0.2, 0) is 6.54 Å². The van der Waals surface area contributed by atoms with Gasteiger partial charge in [0.1, 0.15) is 6.04 Å². The Morgan fingerprint density at radius 2 is 1.84 bits per heavy atom. The molecule has 4 aromatic rings. The summed E-state index contributed by atoms with van der Waals surface area (Å²) in [7, 11) is 0. The zero-order valence-electron chi connectivity index (χ0n) is 21.6. The van der Waals surface area contributed by atoms with E-state index in [4.69, 9.17) is 0 Å². The van der Waals surface area contributed by atoms with Crippen LogP contribution in [0.3, 0.4) is 0 Å². The molecule has 37 heavy (non-hydrogen) atoms. The molecule has 9 heteroatoms. The number of nitrogens with zero attached hydrogens (tertiary/aromatic N) is 7. The van der Waals surface area contributed by atoms with Gasteiger partial charge in [-0.05, 0) is 83.5 Å². The molecule has 6 rings (SSSR count). The van der Waals surface area contributed by atoms with Crippen molar-refractivity contribution < 1.29 is 0 Å². The van der Waals surface area contributed by atoms with Gasteiger partial charge in [0.05, 0.1) is 6.04 Å². The summed E-state index contributed by atoms with van der Waals surface area (Å²) in [4.78, 5) is 25.8. The third-order valence-electron chi connectivity index (χ3n) is 8.12. The van der Waals surface area contributed by atoms with E-state index in [0.29, 0.717) is 11.6 Å². The fraction of sp³-hybridized carbons (Fsp3) is 0.464. The Morgan fingerprint density at radius 3 is 2.59 bits per heavy atom. The Bertz CT molecular complexity index is 1430. The SMILES string of the molecule is Cc1cc2cc(C(c3nnnn3C3CCCC3)N3CCN(Cc4cccnc4)CC3)c(=O)[nH]c2cc1C. The minimum Gasteiger partial charge on any atom is -0.322 e. The van der Waals surface area contributed by atoms with E-state index < -0.39 is 0 Å². The Labute approximate surface area is 216 Å². The largest absolute Gasteiger partial charge is 0.322 e. The number of aromatic nitrogens is 6. The first-order valence-electron chi connectivity index (χ1n) is 13.3. The molecule has 192 valence electrons. The van der Waals surface area contributed by atoms with E-state index in [1.165, 1.54) is 29.5 Å². The van der Waals surface area contributed by atoms with Crippen molar-refractivity contribution in [3.8, 4) is 0 Å². The van der Waals surface area contributed by atoms with Gasteiger partial charge in [-0.15, -0.1) is 5.10 Å². The number of aromatic amines is 1. The maximum atomic E-state index is 13.6. The molecule has 1 aromatic carbocycles. The maximum absolute atomic E-state index is 13.6. The molecule has 0 spiro atoms. The highest BCUT2D eigenvalue weighted by atomic mass is 16.1. The Balaban J connectivity index is 1.36. The third kappa shape index (κ3) is 4.81. The summed E-state index contributed by atoms with van der Waals surface area (Å²) in [6.45, 7) is 8.52. The van der Waals surface area contributed by atoms with Crippen LogP contribution in [0.5, 0.6) is 0 Å². The van der Waals surface area contributed by atoms with Crippen LogP contribution >= 0.6 is 0 Å². The zero-order valence-corrected chi connectivity index (χ0v) is 21.6. The lowest BCUT2D eigenvalue weighted by molar-refractivity contribution is 0.0988. The summed E-state index contributed by atoms with van der Waals surface area (Å²) in [5, 5.41) is 14.1. The number of H-pyrrole nitrogens is 1. The molecule has 2 fully saturated rings. The normalized spacial score (nSPS) is 18.5. The number of hydrogen-bond donors (Lipinski definition) is 1.